The lowest BCUT2D eigenvalue weighted by molar-refractivity contribution is 1.37. The van der Waals surface area contributed by atoms with Crippen molar-refractivity contribution in [1.82, 2.24) is 0 Å². The fourth-order valence-corrected chi connectivity index (χ4v) is 1.15. The van der Waals surface area contributed by atoms with E-state index in [1.807, 2.05) is 6.07 Å². The molecule has 0 aliphatic carbocycles. The summed E-state index contributed by atoms with van der Waals surface area (Å²) < 4.78 is 0. The maximum Gasteiger partial charge on any atom is 0.00748 e. The Labute approximate surface area is 60.3 Å². The van der Waals surface area contributed by atoms with Gasteiger partial charge in [0.1, 0.15) is 0 Å². The molecule has 0 aromatic heterocycles. The molecule has 1 rings (SSSR count). The van der Waals surface area contributed by atoms with Gasteiger partial charge in [0.25, 0.3) is 0 Å². The van der Waals surface area contributed by atoms with Gasteiger partial charge in [-0.15, -0.1) is 11.8 Å². The van der Waals surface area contributed by atoms with Crippen LogP contribution in [0.3, 0.4) is 0 Å². The van der Waals surface area contributed by atoms with Crippen LogP contribution in [0.15, 0.2) is 29.2 Å². The van der Waals surface area contributed by atoms with E-state index in [0.717, 1.165) is 0 Å². The fourth-order valence-electron chi connectivity index (χ4n) is 0.705. The van der Waals surface area contributed by atoms with Crippen molar-refractivity contribution in [3.8, 4) is 0 Å². The van der Waals surface area contributed by atoms with Crippen LogP contribution < -0.4 is 0 Å². The van der Waals surface area contributed by atoms with Crippen LogP contribution in [-0.4, -0.2) is 0 Å². The molecular formula is C8H9S. The summed E-state index contributed by atoms with van der Waals surface area (Å²) in [5, 5.41) is 0. The molecule has 9 heavy (non-hydrogen) atoms. The van der Waals surface area contributed by atoms with Crippen molar-refractivity contribution < 1.29 is 0 Å². The average Bonchev–Trinajstić information content (AvgIpc) is 1.88. The van der Waals surface area contributed by atoms with E-state index in [0.29, 0.717) is 0 Å². The van der Waals surface area contributed by atoms with Crippen molar-refractivity contribution >= 4 is 11.8 Å². The summed E-state index contributed by atoms with van der Waals surface area (Å²) >= 11 is 1.53. The van der Waals surface area contributed by atoms with E-state index in [9.17, 15) is 0 Å². The van der Waals surface area contributed by atoms with Crippen LogP contribution >= 0.6 is 11.8 Å². The third-order valence-corrected chi connectivity index (χ3v) is 1.74. The largest absolute Gasteiger partial charge is 0.125 e. The Morgan fingerprint density at radius 1 is 1.44 bits per heavy atom. The van der Waals surface area contributed by atoms with Crippen LogP contribution in [0.2, 0.25) is 0 Å². The van der Waals surface area contributed by atoms with Gasteiger partial charge < -0.3 is 0 Å². The normalized spacial score (nSPS) is 9.56. The van der Waals surface area contributed by atoms with Crippen molar-refractivity contribution in [2.45, 2.75) is 11.8 Å². The molecule has 0 fully saturated rings. The predicted molar refractivity (Wildman–Crippen MR) is 42.4 cm³/mol. The van der Waals surface area contributed by atoms with Crippen molar-refractivity contribution in [3.63, 3.8) is 0 Å². The van der Waals surface area contributed by atoms with Crippen LogP contribution in [0.4, 0.5) is 0 Å². The van der Waals surface area contributed by atoms with Gasteiger partial charge in [0.05, 0.1) is 0 Å². The Bertz CT molecular complexity index is 194. The zero-order chi connectivity index (χ0) is 6.69. The van der Waals surface area contributed by atoms with Gasteiger partial charge in [0.15, 0.2) is 0 Å². The molecule has 1 aromatic carbocycles. The summed E-state index contributed by atoms with van der Waals surface area (Å²) in [6.45, 7) is 2.08. The molecule has 1 radical (unpaired) electrons. The predicted octanol–water partition coefficient (Wildman–Crippen LogP) is 2.88. The summed E-state index contributed by atoms with van der Waals surface area (Å²) in [4.78, 5) is 1.23. The standard InChI is InChI=1S/C8H9S/c1-7-4-3-5-8(6-7)9-2/h3-6H,2H2,1H3. The van der Waals surface area contributed by atoms with Crippen molar-refractivity contribution in [3.05, 3.63) is 36.1 Å². The van der Waals surface area contributed by atoms with Gasteiger partial charge in [-0.05, 0) is 19.1 Å². The number of aryl methyl sites for hydroxylation is 1. The van der Waals surface area contributed by atoms with E-state index in [2.05, 4.69) is 31.4 Å². The lowest BCUT2D eigenvalue weighted by Crippen LogP contribution is -1.70. The Balaban J connectivity index is 2.94. The van der Waals surface area contributed by atoms with E-state index in [1.165, 1.54) is 22.2 Å². The molecule has 0 nitrogen and oxygen atoms in total. The van der Waals surface area contributed by atoms with Crippen molar-refractivity contribution in [2.75, 3.05) is 0 Å². The topological polar surface area (TPSA) is 0 Å². The molecule has 0 atom stereocenters. The van der Waals surface area contributed by atoms with Crippen LogP contribution in [0, 0.1) is 13.2 Å². The number of hydrogen-bond donors (Lipinski definition) is 0. The van der Waals surface area contributed by atoms with Crippen LogP contribution in [0.1, 0.15) is 5.56 Å². The average molecular weight is 137 g/mol. The quantitative estimate of drug-likeness (QED) is 0.536. The van der Waals surface area contributed by atoms with Gasteiger partial charge in [0.2, 0.25) is 0 Å². The molecule has 0 saturated carbocycles. The summed E-state index contributed by atoms with van der Waals surface area (Å²) in [7, 11) is 0. The van der Waals surface area contributed by atoms with Crippen molar-refractivity contribution in [2.24, 2.45) is 0 Å². The molecule has 0 unspecified atom stereocenters. The van der Waals surface area contributed by atoms with E-state index >= 15 is 0 Å². The molecular weight excluding hydrogens is 128 g/mol. The first-order chi connectivity index (χ1) is 4.33. The first-order valence-electron chi connectivity index (χ1n) is 2.81. The zero-order valence-electron chi connectivity index (χ0n) is 5.42. The summed E-state index contributed by atoms with van der Waals surface area (Å²) in [6, 6.07) is 8.31. The number of hydrogen-bond acceptors (Lipinski definition) is 1. The molecule has 0 saturated heterocycles. The van der Waals surface area contributed by atoms with Gasteiger partial charge in [0, 0.05) is 11.2 Å². The molecule has 1 aromatic rings. The minimum absolute atomic E-state index is 1.23. The van der Waals surface area contributed by atoms with Gasteiger partial charge in [-0.3, -0.25) is 0 Å². The van der Waals surface area contributed by atoms with E-state index in [1.54, 1.807) is 0 Å². The zero-order valence-corrected chi connectivity index (χ0v) is 6.24. The highest BCUT2D eigenvalue weighted by Gasteiger charge is 1.86. The number of rotatable bonds is 1. The minimum atomic E-state index is 1.23. The molecule has 0 aliphatic heterocycles. The molecule has 0 bridgehead atoms. The smallest absolute Gasteiger partial charge is 0.00748 e. The van der Waals surface area contributed by atoms with Crippen LogP contribution in [-0.2, 0) is 0 Å². The Morgan fingerprint density at radius 2 is 2.22 bits per heavy atom. The molecule has 1 heteroatoms. The molecule has 0 spiro atoms. The third kappa shape index (κ3) is 1.75. The number of benzene rings is 1. The van der Waals surface area contributed by atoms with Crippen LogP contribution in [0.5, 0.6) is 0 Å². The lowest BCUT2D eigenvalue weighted by atomic mass is 10.2. The number of thioether (sulfide) groups is 1. The second-order valence-corrected chi connectivity index (χ2v) is 2.72. The van der Waals surface area contributed by atoms with E-state index in [4.69, 9.17) is 0 Å². The molecule has 0 amide bonds. The first-order valence-corrected chi connectivity index (χ1v) is 3.80. The highest BCUT2D eigenvalue weighted by molar-refractivity contribution is 8.00. The summed E-state index contributed by atoms with van der Waals surface area (Å²) in [6.07, 6.45) is 3.71. The fraction of sp³-hybridized carbons (Fsp3) is 0.125. The van der Waals surface area contributed by atoms with E-state index in [-0.39, 0.29) is 0 Å². The summed E-state index contributed by atoms with van der Waals surface area (Å²) in [5.74, 6) is 0. The Kier molecular flexibility index (Phi) is 2.17. The monoisotopic (exact) mass is 137 g/mol. The Morgan fingerprint density at radius 3 is 2.67 bits per heavy atom. The second kappa shape index (κ2) is 2.92. The van der Waals surface area contributed by atoms with Gasteiger partial charge in [-0.2, -0.15) is 0 Å². The van der Waals surface area contributed by atoms with Crippen molar-refractivity contribution in [1.29, 1.82) is 0 Å². The molecule has 0 heterocycles. The molecule has 47 valence electrons. The molecule has 0 N–H and O–H groups in total. The van der Waals surface area contributed by atoms with Gasteiger partial charge in [-0.25, -0.2) is 0 Å². The van der Waals surface area contributed by atoms with Gasteiger partial charge >= 0.3 is 0 Å². The third-order valence-electron chi connectivity index (χ3n) is 1.16. The minimum Gasteiger partial charge on any atom is -0.125 e. The summed E-state index contributed by atoms with van der Waals surface area (Å²) in [5.41, 5.74) is 1.30. The molecule has 0 aliphatic rings. The maximum atomic E-state index is 3.71. The van der Waals surface area contributed by atoms with E-state index < -0.39 is 0 Å². The Hall–Kier alpha value is -0.430. The maximum absolute atomic E-state index is 3.71. The highest BCUT2D eigenvalue weighted by Crippen LogP contribution is 2.16. The highest BCUT2D eigenvalue weighted by atomic mass is 32.2. The lowest BCUT2D eigenvalue weighted by Gasteiger charge is -1.94. The van der Waals surface area contributed by atoms with Gasteiger partial charge in [-0.1, -0.05) is 17.7 Å². The second-order valence-electron chi connectivity index (χ2n) is 1.96. The first kappa shape index (κ1) is 6.69. The van der Waals surface area contributed by atoms with Crippen LogP contribution in [0.25, 0.3) is 0 Å². The SMILES string of the molecule is [CH2]Sc1cccc(C)c1.